The van der Waals surface area contributed by atoms with Crippen LogP contribution < -0.4 is 20.9 Å². The zero-order chi connectivity index (χ0) is 24.5. The molecule has 0 unspecified atom stereocenters. The highest BCUT2D eigenvalue weighted by Crippen LogP contribution is 2.41. The number of fused-ring (bicyclic) bond motifs is 3. The number of methoxy groups -OCH3 is 2. The van der Waals surface area contributed by atoms with Gasteiger partial charge in [-0.3, -0.25) is 0 Å². The average Bonchev–Trinajstić information content (AvgIpc) is 3.13. The van der Waals surface area contributed by atoms with Crippen molar-refractivity contribution in [3.05, 3.63) is 36.5 Å². The number of alkyl halides is 3. The largest absolute Gasteiger partial charge is 0.497 e. The Morgan fingerprint density at radius 3 is 2.30 bits per heavy atom. The Balaban J connectivity index is 0.000000383. The highest BCUT2D eigenvalue weighted by molar-refractivity contribution is 6.15. The molecule has 0 bridgehead atoms. The van der Waals surface area contributed by atoms with Crippen LogP contribution in [-0.4, -0.2) is 46.0 Å². The molecule has 0 spiro atoms. The van der Waals surface area contributed by atoms with Crippen molar-refractivity contribution in [1.82, 2.24) is 14.5 Å². The summed E-state index contributed by atoms with van der Waals surface area (Å²) in [7, 11) is 5.25. The van der Waals surface area contributed by atoms with E-state index < -0.39 is 12.1 Å². The maximum atomic E-state index is 10.6. The molecule has 4 rings (SSSR count). The second kappa shape index (κ2) is 8.73. The zero-order valence-electron chi connectivity index (χ0n) is 17.8. The van der Waals surface area contributed by atoms with E-state index in [0.29, 0.717) is 17.1 Å². The van der Waals surface area contributed by atoms with Gasteiger partial charge in [-0.25, -0.2) is 9.78 Å². The van der Waals surface area contributed by atoms with E-state index in [0.717, 1.165) is 33.2 Å². The van der Waals surface area contributed by atoms with Gasteiger partial charge in [-0.1, -0.05) is 0 Å². The molecule has 5 N–H and O–H groups in total. The number of rotatable bonds is 3. The van der Waals surface area contributed by atoms with Crippen molar-refractivity contribution < 1.29 is 32.5 Å². The third-order valence-electron chi connectivity index (χ3n) is 4.80. The average molecular weight is 463 g/mol. The summed E-state index contributed by atoms with van der Waals surface area (Å²) in [5.74, 6) is -0.797. The van der Waals surface area contributed by atoms with Crippen LogP contribution in [0.25, 0.3) is 32.9 Å². The molecule has 0 saturated carbocycles. The summed E-state index contributed by atoms with van der Waals surface area (Å²) in [6.07, 6.45) is -3.10. The number of nitrogens with two attached hydrogens (primary N) is 2. The second-order valence-electron chi connectivity index (χ2n) is 6.84. The fourth-order valence-electron chi connectivity index (χ4n) is 3.39. The second-order valence-corrected chi connectivity index (χ2v) is 6.84. The number of anilines is 2. The lowest BCUT2D eigenvalue weighted by atomic mass is 9.99. The molecular weight excluding hydrogens is 443 g/mol. The Morgan fingerprint density at radius 1 is 1.06 bits per heavy atom. The lowest BCUT2D eigenvalue weighted by molar-refractivity contribution is -0.192. The van der Waals surface area contributed by atoms with Crippen LogP contribution >= 0.6 is 0 Å². The molecule has 0 aliphatic heterocycles. The smallest absolute Gasteiger partial charge is 0.490 e. The lowest BCUT2D eigenvalue weighted by Crippen LogP contribution is -2.21. The van der Waals surface area contributed by atoms with E-state index in [2.05, 4.69) is 9.97 Å². The molecule has 33 heavy (non-hydrogen) atoms. The molecular formula is C21H20F3N5O4. The number of carboxylic acids is 1. The number of aryl methyl sites for hydroxylation is 1. The van der Waals surface area contributed by atoms with E-state index in [4.69, 9.17) is 30.8 Å². The van der Waals surface area contributed by atoms with E-state index in [1.54, 1.807) is 14.2 Å². The molecule has 0 fully saturated rings. The van der Waals surface area contributed by atoms with Crippen molar-refractivity contribution in [2.45, 2.75) is 6.18 Å². The van der Waals surface area contributed by atoms with E-state index in [-0.39, 0.29) is 5.95 Å². The molecule has 4 aromatic rings. The minimum absolute atomic E-state index is 0.151. The Bertz CT molecular complexity index is 1350. The quantitative estimate of drug-likeness (QED) is 0.419. The third-order valence-corrected chi connectivity index (χ3v) is 4.80. The summed E-state index contributed by atoms with van der Waals surface area (Å²) in [6.45, 7) is 0. The van der Waals surface area contributed by atoms with E-state index in [1.807, 2.05) is 48.1 Å². The van der Waals surface area contributed by atoms with Crippen molar-refractivity contribution in [3.8, 4) is 22.6 Å². The standard InChI is InChI=1S/C19H19N5O2.C2HF3O2/c1-24-7-6-12-16-14(22-19(21)23-18(16)20)9-13(17(12)24)11-5-4-10(25-2)8-15(11)26-3;3-2(4,5)1(6)7/h4-9H,1-3H3,(H4,20,21,22,23);(H,6,7). The van der Waals surface area contributed by atoms with Gasteiger partial charge in [-0.15, -0.1) is 0 Å². The van der Waals surface area contributed by atoms with Crippen LogP contribution in [0.5, 0.6) is 11.5 Å². The van der Waals surface area contributed by atoms with Gasteiger partial charge in [0.15, 0.2) is 0 Å². The van der Waals surface area contributed by atoms with E-state index >= 15 is 0 Å². The van der Waals surface area contributed by atoms with Gasteiger partial charge in [-0.2, -0.15) is 18.2 Å². The predicted molar refractivity (Wildman–Crippen MR) is 117 cm³/mol. The minimum Gasteiger partial charge on any atom is -0.497 e. The molecule has 2 aromatic heterocycles. The molecule has 0 amide bonds. The van der Waals surface area contributed by atoms with Gasteiger partial charge in [0, 0.05) is 35.8 Å². The normalized spacial score (nSPS) is 11.2. The number of hydrogen-bond donors (Lipinski definition) is 3. The van der Waals surface area contributed by atoms with Crippen LogP contribution in [0.1, 0.15) is 0 Å². The fraction of sp³-hybridized carbons (Fsp3) is 0.190. The number of ether oxygens (including phenoxy) is 2. The maximum absolute atomic E-state index is 10.6. The van der Waals surface area contributed by atoms with Gasteiger partial charge in [0.25, 0.3) is 0 Å². The highest BCUT2D eigenvalue weighted by atomic mass is 19.4. The van der Waals surface area contributed by atoms with Crippen LogP contribution in [0.3, 0.4) is 0 Å². The van der Waals surface area contributed by atoms with Crippen LogP contribution in [-0.2, 0) is 11.8 Å². The first-order chi connectivity index (χ1) is 15.5. The molecule has 0 aliphatic carbocycles. The SMILES string of the molecule is COc1ccc(-c2cc3nc(N)nc(N)c3c3ccn(C)c23)c(OC)c1.O=C(O)C(F)(F)F. The Morgan fingerprint density at radius 2 is 1.73 bits per heavy atom. The summed E-state index contributed by atoms with van der Waals surface area (Å²) in [4.78, 5) is 17.4. The van der Waals surface area contributed by atoms with Crippen LogP contribution in [0.15, 0.2) is 36.5 Å². The van der Waals surface area contributed by atoms with Crippen LogP contribution in [0, 0.1) is 0 Å². The first-order valence-electron chi connectivity index (χ1n) is 9.31. The van der Waals surface area contributed by atoms with Gasteiger partial charge in [0.05, 0.1) is 30.6 Å². The molecule has 12 heteroatoms. The van der Waals surface area contributed by atoms with Crippen molar-refractivity contribution in [2.75, 3.05) is 25.7 Å². The maximum Gasteiger partial charge on any atom is 0.490 e. The topological polar surface area (TPSA) is 139 Å². The van der Waals surface area contributed by atoms with E-state index in [9.17, 15) is 13.2 Å². The molecule has 174 valence electrons. The Kier molecular flexibility index (Phi) is 6.20. The van der Waals surface area contributed by atoms with Crippen LogP contribution in [0.2, 0.25) is 0 Å². The summed E-state index contributed by atoms with van der Waals surface area (Å²) in [5.41, 5.74) is 15.6. The zero-order valence-corrected chi connectivity index (χ0v) is 17.8. The van der Waals surface area contributed by atoms with E-state index in [1.165, 1.54) is 0 Å². The first-order valence-corrected chi connectivity index (χ1v) is 9.31. The van der Waals surface area contributed by atoms with Crippen molar-refractivity contribution in [1.29, 1.82) is 0 Å². The third kappa shape index (κ3) is 4.54. The lowest BCUT2D eigenvalue weighted by Gasteiger charge is -2.14. The first kappa shape index (κ1) is 23.4. The number of benzene rings is 2. The van der Waals surface area contributed by atoms with Crippen molar-refractivity contribution in [2.24, 2.45) is 7.05 Å². The molecule has 2 heterocycles. The summed E-state index contributed by atoms with van der Waals surface area (Å²) in [6, 6.07) is 9.71. The van der Waals surface area contributed by atoms with Crippen molar-refractivity contribution in [3.63, 3.8) is 0 Å². The summed E-state index contributed by atoms with van der Waals surface area (Å²) >= 11 is 0. The highest BCUT2D eigenvalue weighted by Gasteiger charge is 2.38. The van der Waals surface area contributed by atoms with Gasteiger partial charge in [0.2, 0.25) is 5.95 Å². The number of hydrogen-bond acceptors (Lipinski definition) is 7. The number of halogens is 3. The van der Waals surface area contributed by atoms with Crippen LogP contribution in [0.4, 0.5) is 24.9 Å². The molecule has 0 saturated heterocycles. The van der Waals surface area contributed by atoms with Crippen molar-refractivity contribution >= 4 is 39.5 Å². The minimum atomic E-state index is -5.08. The molecule has 0 atom stereocenters. The summed E-state index contributed by atoms with van der Waals surface area (Å²) in [5, 5.41) is 8.89. The van der Waals surface area contributed by atoms with Gasteiger partial charge in [-0.05, 0) is 24.3 Å². The van der Waals surface area contributed by atoms with Gasteiger partial charge < -0.3 is 30.6 Å². The number of carboxylic acid groups (broad SMARTS) is 1. The number of nitrogens with zero attached hydrogens (tertiary/aromatic N) is 3. The number of aliphatic carboxylic acids is 1. The number of nitrogen functional groups attached to an aromatic ring is 2. The van der Waals surface area contributed by atoms with Gasteiger partial charge in [0.1, 0.15) is 17.3 Å². The molecule has 9 nitrogen and oxygen atoms in total. The fourth-order valence-corrected chi connectivity index (χ4v) is 3.39. The Hall–Kier alpha value is -4.22. The van der Waals surface area contributed by atoms with Gasteiger partial charge >= 0.3 is 12.1 Å². The Labute approximate surface area is 185 Å². The number of carbonyl (C=O) groups is 1. The molecule has 0 radical (unpaired) electrons. The predicted octanol–water partition coefficient (Wildman–Crippen LogP) is 3.60. The molecule has 0 aliphatic rings. The molecule has 2 aromatic carbocycles. The monoisotopic (exact) mass is 463 g/mol. The number of aromatic nitrogens is 3. The summed E-state index contributed by atoms with van der Waals surface area (Å²) < 4.78 is 44.7.